The molecule has 2 aromatic rings. The molecular formula is C12H13ClIN3. The number of halogens is 2. The number of nitrogens with zero attached hydrogens (tertiary/aromatic N) is 2. The Balaban J connectivity index is 2.07. The fourth-order valence-electron chi connectivity index (χ4n) is 1.61. The third kappa shape index (κ3) is 3.13. The maximum atomic E-state index is 6.15. The van der Waals surface area contributed by atoms with Crippen molar-refractivity contribution in [2.45, 2.75) is 20.0 Å². The quantitative estimate of drug-likeness (QED) is 0.840. The van der Waals surface area contributed by atoms with Gasteiger partial charge < -0.3 is 5.32 Å². The van der Waals surface area contributed by atoms with Gasteiger partial charge >= 0.3 is 0 Å². The normalized spacial score (nSPS) is 10.5. The van der Waals surface area contributed by atoms with Crippen LogP contribution in [0, 0.1) is 3.57 Å². The van der Waals surface area contributed by atoms with Crippen molar-refractivity contribution >= 4 is 39.9 Å². The van der Waals surface area contributed by atoms with Crippen LogP contribution >= 0.6 is 34.2 Å². The van der Waals surface area contributed by atoms with Crippen molar-refractivity contribution in [2.24, 2.45) is 0 Å². The van der Waals surface area contributed by atoms with E-state index in [2.05, 4.69) is 39.9 Å². The molecule has 0 aliphatic heterocycles. The van der Waals surface area contributed by atoms with E-state index >= 15 is 0 Å². The van der Waals surface area contributed by atoms with Crippen LogP contribution in [0.15, 0.2) is 30.5 Å². The zero-order chi connectivity index (χ0) is 12.3. The number of nitrogens with one attached hydrogen (secondary N) is 1. The van der Waals surface area contributed by atoms with E-state index in [-0.39, 0.29) is 0 Å². The van der Waals surface area contributed by atoms with Crippen molar-refractivity contribution in [3.63, 3.8) is 0 Å². The van der Waals surface area contributed by atoms with E-state index in [0.717, 1.165) is 33.1 Å². The monoisotopic (exact) mass is 361 g/mol. The molecule has 1 N–H and O–H groups in total. The van der Waals surface area contributed by atoms with Gasteiger partial charge in [0.05, 0.1) is 22.9 Å². The van der Waals surface area contributed by atoms with Crippen molar-refractivity contribution in [3.05, 3.63) is 44.7 Å². The Labute approximate surface area is 119 Å². The minimum atomic E-state index is 0.730. The Kier molecular flexibility index (Phi) is 4.28. The lowest BCUT2D eigenvalue weighted by atomic mass is 10.3. The van der Waals surface area contributed by atoms with Crippen LogP contribution < -0.4 is 5.32 Å². The molecule has 0 saturated heterocycles. The molecule has 17 heavy (non-hydrogen) atoms. The summed E-state index contributed by atoms with van der Waals surface area (Å²) >= 11 is 8.40. The summed E-state index contributed by atoms with van der Waals surface area (Å²) in [5, 5.41) is 8.30. The minimum absolute atomic E-state index is 0.730. The van der Waals surface area contributed by atoms with Crippen LogP contribution in [0.4, 0.5) is 5.69 Å². The molecule has 1 aromatic heterocycles. The van der Waals surface area contributed by atoms with Gasteiger partial charge in [0.25, 0.3) is 0 Å². The van der Waals surface area contributed by atoms with Crippen molar-refractivity contribution in [1.82, 2.24) is 9.78 Å². The first-order chi connectivity index (χ1) is 8.20. The number of aryl methyl sites for hydroxylation is 1. The molecular weight excluding hydrogens is 349 g/mol. The summed E-state index contributed by atoms with van der Waals surface area (Å²) in [6, 6.07) is 7.99. The van der Waals surface area contributed by atoms with Crippen LogP contribution in [0.25, 0.3) is 0 Å². The lowest BCUT2D eigenvalue weighted by molar-refractivity contribution is 0.627. The highest BCUT2D eigenvalue weighted by atomic mass is 127. The molecule has 0 radical (unpaired) electrons. The fraction of sp³-hybridized carbons (Fsp3) is 0.250. The van der Waals surface area contributed by atoms with E-state index in [4.69, 9.17) is 11.6 Å². The zero-order valence-corrected chi connectivity index (χ0v) is 12.4. The summed E-state index contributed by atoms with van der Waals surface area (Å²) in [6.45, 7) is 3.69. The van der Waals surface area contributed by atoms with E-state index in [1.807, 2.05) is 35.1 Å². The number of hydrogen-bond donors (Lipinski definition) is 1. The van der Waals surface area contributed by atoms with E-state index < -0.39 is 0 Å². The van der Waals surface area contributed by atoms with Crippen LogP contribution in [-0.4, -0.2) is 9.78 Å². The second-order valence-electron chi connectivity index (χ2n) is 3.62. The third-order valence-corrected chi connectivity index (χ3v) is 3.48. The molecule has 90 valence electrons. The molecule has 0 fully saturated rings. The van der Waals surface area contributed by atoms with Crippen LogP contribution in [0.3, 0.4) is 0 Å². The van der Waals surface area contributed by atoms with Gasteiger partial charge in [0.1, 0.15) is 0 Å². The summed E-state index contributed by atoms with van der Waals surface area (Å²) in [4.78, 5) is 0. The van der Waals surface area contributed by atoms with E-state index in [1.165, 1.54) is 0 Å². The fourth-order valence-corrected chi connectivity index (χ4v) is 2.54. The van der Waals surface area contributed by atoms with E-state index in [1.54, 1.807) is 0 Å². The number of aromatic nitrogens is 2. The molecule has 2 rings (SSSR count). The Morgan fingerprint density at radius 2 is 2.24 bits per heavy atom. The highest BCUT2D eigenvalue weighted by molar-refractivity contribution is 14.1. The van der Waals surface area contributed by atoms with Gasteiger partial charge in [-0.3, -0.25) is 4.68 Å². The van der Waals surface area contributed by atoms with Crippen LogP contribution in [-0.2, 0) is 13.1 Å². The smallest absolute Gasteiger partial charge is 0.0648 e. The van der Waals surface area contributed by atoms with Gasteiger partial charge in [0, 0.05) is 16.3 Å². The molecule has 5 heteroatoms. The summed E-state index contributed by atoms with van der Waals surface area (Å²) in [5.74, 6) is 0. The number of hydrogen-bond acceptors (Lipinski definition) is 2. The van der Waals surface area contributed by atoms with Gasteiger partial charge in [-0.15, -0.1) is 0 Å². The van der Waals surface area contributed by atoms with E-state index in [0.29, 0.717) is 0 Å². The first-order valence-electron chi connectivity index (χ1n) is 5.40. The lowest BCUT2D eigenvalue weighted by Gasteiger charge is -2.09. The van der Waals surface area contributed by atoms with Gasteiger partial charge in [-0.2, -0.15) is 5.10 Å². The van der Waals surface area contributed by atoms with Crippen LogP contribution in [0.2, 0.25) is 5.02 Å². The predicted octanol–water partition coefficient (Wildman–Crippen LogP) is 3.77. The Hall–Kier alpha value is -0.750. The zero-order valence-electron chi connectivity index (χ0n) is 9.45. The van der Waals surface area contributed by atoms with Gasteiger partial charge in [-0.25, -0.2) is 0 Å². The molecule has 0 atom stereocenters. The highest BCUT2D eigenvalue weighted by Crippen LogP contribution is 2.24. The number of anilines is 1. The molecule has 0 unspecified atom stereocenters. The van der Waals surface area contributed by atoms with Gasteiger partial charge in [-0.05, 0) is 53.8 Å². The van der Waals surface area contributed by atoms with Crippen molar-refractivity contribution < 1.29 is 0 Å². The largest absolute Gasteiger partial charge is 0.378 e. The summed E-state index contributed by atoms with van der Waals surface area (Å²) in [5.41, 5.74) is 2.11. The highest BCUT2D eigenvalue weighted by Gasteiger charge is 2.03. The van der Waals surface area contributed by atoms with Gasteiger partial charge in [-0.1, -0.05) is 11.6 Å². The average Bonchev–Trinajstić information content (AvgIpc) is 2.75. The molecule has 1 heterocycles. The van der Waals surface area contributed by atoms with Crippen molar-refractivity contribution in [2.75, 3.05) is 5.32 Å². The SMILES string of the molecule is CCn1nccc1CNc1ccc(I)cc1Cl. The topological polar surface area (TPSA) is 29.9 Å². The average molecular weight is 362 g/mol. The predicted molar refractivity (Wildman–Crippen MR) is 79.4 cm³/mol. The van der Waals surface area contributed by atoms with Gasteiger partial charge in [0.2, 0.25) is 0 Å². The Morgan fingerprint density at radius 1 is 1.41 bits per heavy atom. The maximum Gasteiger partial charge on any atom is 0.0648 e. The van der Waals surface area contributed by atoms with Crippen LogP contribution in [0.5, 0.6) is 0 Å². The molecule has 0 amide bonds. The molecule has 0 spiro atoms. The molecule has 3 nitrogen and oxygen atoms in total. The molecule has 0 bridgehead atoms. The summed E-state index contributed by atoms with van der Waals surface area (Å²) in [6.07, 6.45) is 1.82. The molecule has 1 aromatic carbocycles. The standard InChI is InChI=1S/C12H13ClIN3/c1-2-17-10(5-6-16-17)8-15-12-4-3-9(14)7-11(12)13/h3-7,15H,2,8H2,1H3. The number of rotatable bonds is 4. The number of benzene rings is 1. The summed E-state index contributed by atoms with van der Waals surface area (Å²) < 4.78 is 3.10. The third-order valence-electron chi connectivity index (χ3n) is 2.50. The van der Waals surface area contributed by atoms with Crippen molar-refractivity contribution in [1.29, 1.82) is 0 Å². The minimum Gasteiger partial charge on any atom is -0.378 e. The Bertz CT molecular complexity index is 510. The Morgan fingerprint density at radius 3 is 2.94 bits per heavy atom. The molecule has 0 aliphatic rings. The lowest BCUT2D eigenvalue weighted by Crippen LogP contribution is -2.08. The van der Waals surface area contributed by atoms with E-state index in [9.17, 15) is 0 Å². The van der Waals surface area contributed by atoms with Crippen molar-refractivity contribution in [3.8, 4) is 0 Å². The second-order valence-corrected chi connectivity index (χ2v) is 5.27. The summed E-state index contributed by atoms with van der Waals surface area (Å²) in [7, 11) is 0. The first-order valence-corrected chi connectivity index (χ1v) is 6.86. The molecule has 0 aliphatic carbocycles. The van der Waals surface area contributed by atoms with Gasteiger partial charge in [0.15, 0.2) is 0 Å². The second kappa shape index (κ2) is 5.73. The molecule has 0 saturated carbocycles. The van der Waals surface area contributed by atoms with Crippen LogP contribution in [0.1, 0.15) is 12.6 Å². The maximum absolute atomic E-state index is 6.15. The first kappa shape index (κ1) is 12.7.